The lowest BCUT2D eigenvalue weighted by Crippen LogP contribution is -2.43. The van der Waals surface area contributed by atoms with Crippen LogP contribution in [0.15, 0.2) is 43.2 Å². The number of aliphatic hydroxyl groups is 2. The molecule has 4 N–H and O–H groups in total. The fourth-order valence-electron chi connectivity index (χ4n) is 4.48. The molecule has 1 saturated heterocycles. The van der Waals surface area contributed by atoms with Crippen LogP contribution in [-0.2, 0) is 11.3 Å². The number of nitrogen functional groups attached to an aromatic ring is 1. The van der Waals surface area contributed by atoms with Gasteiger partial charge in [0.1, 0.15) is 18.4 Å². The first-order chi connectivity index (χ1) is 15.3. The number of fused-ring (bicyclic) bond motifs is 2. The lowest BCUT2D eigenvalue weighted by atomic mass is 9.91. The number of carbonyl (C=O) groups excluding carboxylic acids is 1. The fourth-order valence-corrected chi connectivity index (χ4v) is 4.48. The highest BCUT2D eigenvalue weighted by Gasteiger charge is 2.42. The van der Waals surface area contributed by atoms with Crippen molar-refractivity contribution in [3.63, 3.8) is 0 Å². The van der Waals surface area contributed by atoms with E-state index in [0.29, 0.717) is 11.2 Å². The van der Waals surface area contributed by atoms with Gasteiger partial charge in [-0.25, -0.2) is 19.9 Å². The number of hydrogen-bond acceptors (Lipinski definition) is 8. The molecule has 11 heteroatoms. The third-order valence-electron chi connectivity index (χ3n) is 6.10. The van der Waals surface area contributed by atoms with Crippen molar-refractivity contribution in [1.82, 2.24) is 34.0 Å². The number of para-hydroxylation sites is 2. The number of carbonyl (C=O) groups is 1. The van der Waals surface area contributed by atoms with Crippen LogP contribution in [0.25, 0.3) is 22.2 Å². The number of aromatic nitrogens is 6. The number of benzene rings is 1. The Kier molecular flexibility index (Phi) is 4.79. The summed E-state index contributed by atoms with van der Waals surface area (Å²) in [5.41, 5.74) is 7.15. The summed E-state index contributed by atoms with van der Waals surface area (Å²) < 4.78 is 3.49. The van der Waals surface area contributed by atoms with E-state index < -0.39 is 17.7 Å². The minimum Gasteiger partial charge on any atom is -0.391 e. The normalized spacial score (nSPS) is 24.2. The van der Waals surface area contributed by atoms with Gasteiger partial charge in [0.05, 0.1) is 41.4 Å². The maximum absolute atomic E-state index is 13.3. The third kappa shape index (κ3) is 3.45. The van der Waals surface area contributed by atoms with Crippen LogP contribution in [0.4, 0.5) is 5.82 Å². The maximum atomic E-state index is 13.3. The Morgan fingerprint density at radius 3 is 2.84 bits per heavy atom. The summed E-state index contributed by atoms with van der Waals surface area (Å²) in [5, 5.41) is 21.8. The van der Waals surface area contributed by atoms with Gasteiger partial charge in [-0.05, 0) is 19.1 Å². The number of rotatable bonds is 3. The monoisotopic (exact) mass is 436 g/mol. The number of amides is 1. The van der Waals surface area contributed by atoms with Crippen molar-refractivity contribution in [1.29, 1.82) is 0 Å². The first kappa shape index (κ1) is 20.3. The molecule has 1 fully saturated rings. The van der Waals surface area contributed by atoms with Gasteiger partial charge in [-0.1, -0.05) is 12.1 Å². The summed E-state index contributed by atoms with van der Waals surface area (Å²) in [5.74, 6) is 0.0513. The molecule has 1 amide bonds. The molecule has 3 aromatic heterocycles. The predicted octanol–water partition coefficient (Wildman–Crippen LogP) is 0.344. The maximum Gasteiger partial charge on any atom is 0.242 e. The predicted molar refractivity (Wildman–Crippen MR) is 116 cm³/mol. The summed E-state index contributed by atoms with van der Waals surface area (Å²) in [6.07, 6.45) is 3.72. The van der Waals surface area contributed by atoms with Crippen LogP contribution in [0, 0.1) is 0 Å². The highest BCUT2D eigenvalue weighted by molar-refractivity contribution is 5.82. The van der Waals surface area contributed by atoms with Crippen LogP contribution in [0.1, 0.15) is 19.4 Å². The zero-order chi connectivity index (χ0) is 22.5. The Bertz CT molecular complexity index is 1300. The highest BCUT2D eigenvalue weighted by Crippen LogP contribution is 2.34. The van der Waals surface area contributed by atoms with E-state index in [4.69, 9.17) is 5.73 Å². The fraction of sp³-hybridized carbons (Fsp3) is 0.381. The first-order valence-corrected chi connectivity index (χ1v) is 10.3. The van der Waals surface area contributed by atoms with Crippen molar-refractivity contribution in [2.45, 2.75) is 37.6 Å². The number of nitrogens with zero attached hydrogens (tertiary/aromatic N) is 7. The molecule has 166 valence electrons. The molecule has 0 radical (unpaired) electrons. The molecule has 0 bridgehead atoms. The average molecular weight is 436 g/mol. The minimum atomic E-state index is -1.32. The van der Waals surface area contributed by atoms with Crippen LogP contribution in [0.3, 0.4) is 0 Å². The Morgan fingerprint density at radius 1 is 1.19 bits per heavy atom. The van der Waals surface area contributed by atoms with Crippen molar-refractivity contribution >= 4 is 33.9 Å². The van der Waals surface area contributed by atoms with Crippen molar-refractivity contribution in [2.75, 3.05) is 18.8 Å². The molecule has 4 heterocycles. The second-order valence-corrected chi connectivity index (χ2v) is 8.47. The van der Waals surface area contributed by atoms with Gasteiger partial charge in [-0.2, -0.15) is 0 Å². The molecule has 0 spiro atoms. The summed E-state index contributed by atoms with van der Waals surface area (Å²) in [6, 6.07) is 6.98. The smallest absolute Gasteiger partial charge is 0.242 e. The van der Waals surface area contributed by atoms with Gasteiger partial charge < -0.3 is 30.0 Å². The second-order valence-electron chi connectivity index (χ2n) is 8.47. The van der Waals surface area contributed by atoms with Gasteiger partial charge in [0, 0.05) is 19.5 Å². The molecule has 11 nitrogen and oxygen atoms in total. The van der Waals surface area contributed by atoms with E-state index in [1.807, 2.05) is 24.3 Å². The molecule has 1 aliphatic heterocycles. The van der Waals surface area contributed by atoms with E-state index in [1.54, 1.807) is 33.6 Å². The summed E-state index contributed by atoms with van der Waals surface area (Å²) in [7, 11) is 0. The lowest BCUT2D eigenvalue weighted by Gasteiger charge is -2.34. The number of anilines is 1. The molecule has 0 aliphatic carbocycles. The van der Waals surface area contributed by atoms with Crippen molar-refractivity contribution < 1.29 is 15.0 Å². The number of nitrogens with two attached hydrogens (primary N) is 1. The first-order valence-electron chi connectivity index (χ1n) is 10.3. The van der Waals surface area contributed by atoms with E-state index >= 15 is 0 Å². The Morgan fingerprint density at radius 2 is 2.00 bits per heavy atom. The number of aliphatic hydroxyl groups excluding tert-OH is 1. The SMILES string of the molecule is C[C@@]1(O)C[C@H](O)CN(C(=O)Cn2cnc3ccccc32)C[C@H]1n1cnc2c(N)ncnc21. The van der Waals surface area contributed by atoms with Crippen LogP contribution in [0.2, 0.25) is 0 Å². The van der Waals surface area contributed by atoms with E-state index in [-0.39, 0.29) is 37.8 Å². The molecular weight excluding hydrogens is 412 g/mol. The lowest BCUT2D eigenvalue weighted by molar-refractivity contribution is -0.133. The topological polar surface area (TPSA) is 148 Å². The molecule has 1 aliphatic rings. The molecule has 1 aromatic carbocycles. The Labute approximate surface area is 183 Å². The largest absolute Gasteiger partial charge is 0.391 e. The van der Waals surface area contributed by atoms with Crippen LogP contribution < -0.4 is 5.73 Å². The molecule has 0 unspecified atom stereocenters. The Balaban J connectivity index is 1.48. The number of imidazole rings is 2. The van der Waals surface area contributed by atoms with Crippen LogP contribution in [0.5, 0.6) is 0 Å². The highest BCUT2D eigenvalue weighted by atomic mass is 16.3. The minimum absolute atomic E-state index is 0.0713. The van der Waals surface area contributed by atoms with Gasteiger partial charge >= 0.3 is 0 Å². The second kappa shape index (κ2) is 7.53. The van der Waals surface area contributed by atoms with Gasteiger partial charge in [-0.3, -0.25) is 4.79 Å². The number of hydrogen-bond donors (Lipinski definition) is 3. The van der Waals surface area contributed by atoms with E-state index in [1.165, 1.54) is 6.33 Å². The van der Waals surface area contributed by atoms with E-state index in [0.717, 1.165) is 11.0 Å². The third-order valence-corrected chi connectivity index (χ3v) is 6.10. The van der Waals surface area contributed by atoms with Crippen molar-refractivity contribution in [3.05, 3.63) is 43.2 Å². The van der Waals surface area contributed by atoms with Crippen molar-refractivity contribution in [2.24, 2.45) is 0 Å². The van der Waals surface area contributed by atoms with Crippen LogP contribution >= 0.6 is 0 Å². The van der Waals surface area contributed by atoms with Crippen molar-refractivity contribution in [3.8, 4) is 0 Å². The standard InChI is InChI=1S/C21H24N8O3/c1-21(32)6-13(30)7-27(17(31)9-28-11-25-14-4-2-3-5-15(14)28)8-16(21)29-12-26-18-19(22)23-10-24-20(18)29/h2-5,10-13,16,30,32H,6-9H2,1H3,(H2,22,23,24)/t13-,16+,21+/m0/s1. The molecular formula is C21H24N8O3. The Hall–Kier alpha value is -3.57. The molecule has 5 rings (SSSR count). The average Bonchev–Trinajstić information content (AvgIpc) is 3.33. The van der Waals surface area contributed by atoms with Gasteiger partial charge in [0.15, 0.2) is 11.5 Å². The number of β-amino-alcohol motifs (C(OH)–C–C–N with tert-alkyl or cyclic N) is 1. The molecule has 32 heavy (non-hydrogen) atoms. The summed E-state index contributed by atoms with van der Waals surface area (Å²) >= 11 is 0. The molecule has 0 saturated carbocycles. The molecule has 4 aromatic rings. The quantitative estimate of drug-likeness (QED) is 0.416. The summed E-state index contributed by atoms with van der Waals surface area (Å²) in [6.45, 7) is 2.00. The molecule has 3 atom stereocenters. The van der Waals surface area contributed by atoms with Gasteiger partial charge in [-0.15, -0.1) is 0 Å². The summed E-state index contributed by atoms with van der Waals surface area (Å²) in [4.78, 5) is 31.7. The van der Waals surface area contributed by atoms with E-state index in [9.17, 15) is 15.0 Å². The zero-order valence-corrected chi connectivity index (χ0v) is 17.5. The van der Waals surface area contributed by atoms with Gasteiger partial charge in [0.2, 0.25) is 5.91 Å². The van der Waals surface area contributed by atoms with Gasteiger partial charge in [0.25, 0.3) is 0 Å². The van der Waals surface area contributed by atoms with E-state index in [2.05, 4.69) is 19.9 Å². The van der Waals surface area contributed by atoms with Crippen LogP contribution in [-0.4, -0.2) is 74.9 Å². The zero-order valence-electron chi connectivity index (χ0n) is 17.5. The number of likely N-dealkylation sites (tertiary alicyclic amines) is 1.